The first-order valence-corrected chi connectivity index (χ1v) is 5.93. The van der Waals surface area contributed by atoms with Gasteiger partial charge in [-0.25, -0.2) is 0 Å². The summed E-state index contributed by atoms with van der Waals surface area (Å²) in [6.07, 6.45) is 6.53. The molecule has 0 bridgehead atoms. The Balaban J connectivity index is 0.000000318. The van der Waals surface area contributed by atoms with Gasteiger partial charge < -0.3 is 0 Å². The molecular weight excluding hydrogens is 208 g/mol. The van der Waals surface area contributed by atoms with Gasteiger partial charge in [-0.2, -0.15) is 0 Å². The Morgan fingerprint density at radius 2 is 1.71 bits per heavy atom. The van der Waals surface area contributed by atoms with Gasteiger partial charge in [0.15, 0.2) is 5.78 Å². The highest BCUT2D eigenvalue weighted by atomic mass is 16.1. The first-order chi connectivity index (χ1) is 8.06. The van der Waals surface area contributed by atoms with Crippen LogP contribution in [0.1, 0.15) is 32.8 Å². The van der Waals surface area contributed by atoms with Crippen molar-refractivity contribution in [1.29, 1.82) is 0 Å². The Morgan fingerprint density at radius 1 is 1.12 bits per heavy atom. The lowest BCUT2D eigenvalue weighted by molar-refractivity contribution is -0.112. The molecule has 0 aliphatic heterocycles. The predicted octanol–water partition coefficient (Wildman–Crippen LogP) is 4.48. The van der Waals surface area contributed by atoms with E-state index < -0.39 is 0 Å². The van der Waals surface area contributed by atoms with Crippen LogP contribution in [-0.4, -0.2) is 5.78 Å². The standard InChI is InChI=1S/C9H14O.C7H8/c1-4-5-8(2)6-7-9(3)10;1-7-5-3-2-4-6-7/h5-7H,4H2,1-3H3;2-6H,1H3/b7-6-,8-5-;. The van der Waals surface area contributed by atoms with Crippen LogP contribution in [0, 0.1) is 6.92 Å². The first kappa shape index (κ1) is 15.4. The fourth-order valence-corrected chi connectivity index (χ4v) is 1.17. The van der Waals surface area contributed by atoms with Crippen LogP contribution in [0.25, 0.3) is 0 Å². The van der Waals surface area contributed by atoms with Crippen molar-refractivity contribution < 1.29 is 4.79 Å². The zero-order valence-corrected chi connectivity index (χ0v) is 11.2. The largest absolute Gasteiger partial charge is 0.295 e. The number of hydrogen-bond donors (Lipinski definition) is 0. The van der Waals surface area contributed by atoms with Crippen molar-refractivity contribution in [2.24, 2.45) is 0 Å². The monoisotopic (exact) mass is 230 g/mol. The average Bonchev–Trinajstić information content (AvgIpc) is 2.29. The molecule has 0 saturated heterocycles. The summed E-state index contributed by atoms with van der Waals surface area (Å²) < 4.78 is 0. The van der Waals surface area contributed by atoms with Gasteiger partial charge in [0.2, 0.25) is 0 Å². The van der Waals surface area contributed by atoms with Gasteiger partial charge in [-0.15, -0.1) is 0 Å². The summed E-state index contributed by atoms with van der Waals surface area (Å²) in [5.74, 6) is 0.101. The van der Waals surface area contributed by atoms with E-state index in [1.807, 2.05) is 31.2 Å². The van der Waals surface area contributed by atoms with Crippen LogP contribution < -0.4 is 0 Å². The molecule has 1 heteroatoms. The fraction of sp³-hybridized carbons (Fsp3) is 0.312. The number of aryl methyl sites for hydroxylation is 1. The van der Waals surface area contributed by atoms with E-state index in [9.17, 15) is 4.79 Å². The van der Waals surface area contributed by atoms with E-state index in [0.717, 1.165) is 12.0 Å². The van der Waals surface area contributed by atoms with Gasteiger partial charge in [-0.1, -0.05) is 60.5 Å². The van der Waals surface area contributed by atoms with Gasteiger partial charge in [0.25, 0.3) is 0 Å². The van der Waals surface area contributed by atoms with Crippen molar-refractivity contribution in [3.05, 3.63) is 59.7 Å². The summed E-state index contributed by atoms with van der Waals surface area (Å²) in [7, 11) is 0. The zero-order valence-electron chi connectivity index (χ0n) is 11.2. The molecule has 92 valence electrons. The number of carbonyl (C=O) groups is 1. The molecule has 0 fully saturated rings. The zero-order chi connectivity index (χ0) is 13.1. The maximum atomic E-state index is 10.4. The highest BCUT2D eigenvalue weighted by Gasteiger charge is 1.82. The van der Waals surface area contributed by atoms with Gasteiger partial charge in [0.1, 0.15) is 0 Å². The van der Waals surface area contributed by atoms with Crippen LogP contribution in [0.15, 0.2) is 54.1 Å². The van der Waals surface area contributed by atoms with Crippen molar-refractivity contribution in [3.63, 3.8) is 0 Å². The van der Waals surface area contributed by atoms with Crippen LogP contribution in [0.2, 0.25) is 0 Å². The van der Waals surface area contributed by atoms with Crippen LogP contribution in [0.3, 0.4) is 0 Å². The second-order valence-corrected chi connectivity index (χ2v) is 3.96. The summed E-state index contributed by atoms with van der Waals surface area (Å²) in [5.41, 5.74) is 2.47. The lowest BCUT2D eigenvalue weighted by Crippen LogP contribution is -1.79. The summed E-state index contributed by atoms with van der Waals surface area (Å²) in [4.78, 5) is 10.4. The van der Waals surface area contributed by atoms with Crippen molar-refractivity contribution in [3.8, 4) is 0 Å². The normalized spacial score (nSPS) is 10.9. The number of ketones is 1. The van der Waals surface area contributed by atoms with Gasteiger partial charge >= 0.3 is 0 Å². The molecule has 0 heterocycles. The number of carbonyl (C=O) groups excluding carboxylic acids is 1. The van der Waals surface area contributed by atoms with Gasteiger partial charge in [-0.05, 0) is 33.3 Å². The fourth-order valence-electron chi connectivity index (χ4n) is 1.17. The van der Waals surface area contributed by atoms with Gasteiger partial charge in [0, 0.05) is 0 Å². The third-order valence-corrected chi connectivity index (χ3v) is 2.05. The minimum absolute atomic E-state index is 0.101. The minimum atomic E-state index is 0.101. The van der Waals surface area contributed by atoms with E-state index in [4.69, 9.17) is 0 Å². The van der Waals surface area contributed by atoms with Crippen LogP contribution in [0.4, 0.5) is 0 Å². The first-order valence-electron chi connectivity index (χ1n) is 5.93. The maximum Gasteiger partial charge on any atom is 0.152 e. The Hall–Kier alpha value is -1.63. The molecule has 1 rings (SSSR count). The average molecular weight is 230 g/mol. The molecule has 0 amide bonds. The van der Waals surface area contributed by atoms with E-state index >= 15 is 0 Å². The smallest absolute Gasteiger partial charge is 0.152 e. The number of allylic oxidation sites excluding steroid dienone is 4. The Morgan fingerprint density at radius 3 is 2.06 bits per heavy atom. The highest BCUT2D eigenvalue weighted by molar-refractivity contribution is 5.87. The molecule has 0 radical (unpaired) electrons. The summed E-state index contributed by atoms with van der Waals surface area (Å²) in [6, 6.07) is 10.3. The van der Waals surface area contributed by atoms with E-state index in [2.05, 4.69) is 32.1 Å². The number of rotatable bonds is 3. The van der Waals surface area contributed by atoms with Crippen molar-refractivity contribution in [2.45, 2.75) is 34.1 Å². The maximum absolute atomic E-state index is 10.4. The second kappa shape index (κ2) is 9.59. The topological polar surface area (TPSA) is 17.1 Å². The van der Waals surface area contributed by atoms with Crippen molar-refractivity contribution in [1.82, 2.24) is 0 Å². The van der Waals surface area contributed by atoms with Crippen LogP contribution in [-0.2, 0) is 4.79 Å². The molecule has 1 aromatic rings. The molecule has 0 atom stereocenters. The molecule has 0 saturated carbocycles. The quantitative estimate of drug-likeness (QED) is 0.552. The SMILES string of the molecule is CC/C=C(C)\C=C/C(C)=O.Cc1ccccc1. The summed E-state index contributed by atoms with van der Waals surface area (Å²) in [6.45, 7) is 7.70. The van der Waals surface area contributed by atoms with Gasteiger partial charge in [0.05, 0.1) is 0 Å². The molecule has 0 unspecified atom stereocenters. The Bertz CT molecular complexity index is 372. The molecule has 17 heavy (non-hydrogen) atoms. The third-order valence-electron chi connectivity index (χ3n) is 2.05. The van der Waals surface area contributed by atoms with E-state index in [0.29, 0.717) is 0 Å². The highest BCUT2D eigenvalue weighted by Crippen LogP contribution is 1.96. The molecule has 0 spiro atoms. The van der Waals surface area contributed by atoms with Crippen molar-refractivity contribution >= 4 is 5.78 Å². The Labute approximate surface area is 105 Å². The molecule has 0 N–H and O–H groups in total. The molecule has 0 aliphatic carbocycles. The third kappa shape index (κ3) is 10.6. The minimum Gasteiger partial charge on any atom is -0.295 e. The lowest BCUT2D eigenvalue weighted by Gasteiger charge is -1.87. The van der Waals surface area contributed by atoms with E-state index in [-0.39, 0.29) is 5.78 Å². The molecule has 1 nitrogen and oxygen atoms in total. The number of hydrogen-bond acceptors (Lipinski definition) is 1. The molecule has 0 aromatic heterocycles. The summed E-state index contributed by atoms with van der Waals surface area (Å²) >= 11 is 0. The molecular formula is C16H22O. The molecule has 0 aliphatic rings. The Kier molecular flexibility index (Phi) is 8.67. The van der Waals surface area contributed by atoms with E-state index in [1.165, 1.54) is 5.56 Å². The van der Waals surface area contributed by atoms with Crippen LogP contribution in [0.5, 0.6) is 0 Å². The summed E-state index contributed by atoms with van der Waals surface area (Å²) in [5, 5.41) is 0. The van der Waals surface area contributed by atoms with Crippen molar-refractivity contribution in [2.75, 3.05) is 0 Å². The van der Waals surface area contributed by atoms with Crippen LogP contribution >= 0.6 is 0 Å². The lowest BCUT2D eigenvalue weighted by atomic mass is 10.2. The number of benzene rings is 1. The van der Waals surface area contributed by atoms with E-state index in [1.54, 1.807) is 13.0 Å². The predicted molar refractivity (Wildman–Crippen MR) is 75.0 cm³/mol. The second-order valence-electron chi connectivity index (χ2n) is 3.96. The molecule has 1 aromatic carbocycles. The van der Waals surface area contributed by atoms with Gasteiger partial charge in [-0.3, -0.25) is 4.79 Å².